The van der Waals surface area contributed by atoms with Crippen molar-refractivity contribution in [3.8, 4) is 0 Å². The molecule has 0 heterocycles. The second-order valence-corrected chi connectivity index (χ2v) is 7.83. The molecule has 0 unspecified atom stereocenters. The van der Waals surface area contributed by atoms with Crippen LogP contribution in [0.5, 0.6) is 0 Å². The van der Waals surface area contributed by atoms with Gasteiger partial charge in [-0.1, -0.05) is 6.07 Å². The number of nitrogens with one attached hydrogen (secondary N) is 1. The molecular formula is C14H20ClNO4S. The van der Waals surface area contributed by atoms with Crippen LogP contribution in [-0.2, 0) is 13.8 Å². The van der Waals surface area contributed by atoms with E-state index >= 15 is 0 Å². The second-order valence-electron chi connectivity index (χ2n) is 5.29. The van der Waals surface area contributed by atoms with Gasteiger partial charge >= 0.3 is 0 Å². The molecule has 21 heavy (non-hydrogen) atoms. The Morgan fingerprint density at radius 2 is 2.00 bits per heavy atom. The van der Waals surface area contributed by atoms with E-state index in [1.807, 2.05) is 20.8 Å². The van der Waals surface area contributed by atoms with E-state index < -0.39 is 14.7 Å². The van der Waals surface area contributed by atoms with E-state index in [2.05, 4.69) is 5.32 Å². The molecule has 0 aromatic heterocycles. The van der Waals surface area contributed by atoms with Crippen LogP contribution in [0, 0.1) is 6.92 Å². The fraction of sp³-hybridized carbons (Fsp3) is 0.500. The molecule has 0 saturated carbocycles. The van der Waals surface area contributed by atoms with Crippen molar-refractivity contribution >= 4 is 25.6 Å². The number of carbonyl (C=O) groups is 1. The van der Waals surface area contributed by atoms with E-state index in [-0.39, 0.29) is 16.4 Å². The average molecular weight is 334 g/mol. The molecule has 1 aromatic carbocycles. The molecule has 7 heteroatoms. The van der Waals surface area contributed by atoms with Crippen LogP contribution >= 0.6 is 10.7 Å². The molecule has 0 aliphatic heterocycles. The third-order valence-corrected chi connectivity index (χ3v) is 4.39. The highest BCUT2D eigenvalue weighted by Crippen LogP contribution is 2.21. The summed E-state index contributed by atoms with van der Waals surface area (Å²) in [5.74, 6) is -0.371. The van der Waals surface area contributed by atoms with Crippen molar-refractivity contribution in [2.75, 3.05) is 13.2 Å². The van der Waals surface area contributed by atoms with Crippen LogP contribution in [0.3, 0.4) is 0 Å². The number of rotatable bonds is 6. The molecule has 1 aromatic rings. The quantitative estimate of drug-likeness (QED) is 0.812. The van der Waals surface area contributed by atoms with Crippen molar-refractivity contribution in [3.05, 3.63) is 29.3 Å². The lowest BCUT2D eigenvalue weighted by molar-refractivity contribution is -0.00815. The number of benzene rings is 1. The largest absolute Gasteiger partial charge is 0.374 e. The highest BCUT2D eigenvalue weighted by atomic mass is 35.7. The number of amides is 1. The predicted octanol–water partition coefficient (Wildman–Crippen LogP) is 2.47. The maximum absolute atomic E-state index is 12.1. The normalized spacial score (nSPS) is 12.2. The topological polar surface area (TPSA) is 72.5 Å². The van der Waals surface area contributed by atoms with Gasteiger partial charge in [0.2, 0.25) is 0 Å². The van der Waals surface area contributed by atoms with Gasteiger partial charge in [-0.2, -0.15) is 0 Å². The van der Waals surface area contributed by atoms with Crippen molar-refractivity contribution in [1.82, 2.24) is 5.32 Å². The fourth-order valence-corrected chi connectivity index (χ4v) is 3.06. The smallest absolute Gasteiger partial charge is 0.261 e. The highest BCUT2D eigenvalue weighted by Gasteiger charge is 2.20. The van der Waals surface area contributed by atoms with E-state index in [9.17, 15) is 13.2 Å². The van der Waals surface area contributed by atoms with E-state index in [1.165, 1.54) is 6.07 Å². The first-order valence-corrected chi connectivity index (χ1v) is 8.85. The second kappa shape index (κ2) is 6.77. The molecule has 1 rings (SSSR count). The van der Waals surface area contributed by atoms with Crippen LogP contribution < -0.4 is 5.32 Å². The summed E-state index contributed by atoms with van der Waals surface area (Å²) in [7, 11) is 1.48. The molecule has 0 saturated heterocycles. The van der Waals surface area contributed by atoms with Crippen molar-refractivity contribution in [2.45, 2.75) is 38.2 Å². The molecule has 118 valence electrons. The molecule has 0 bridgehead atoms. The summed E-state index contributed by atoms with van der Waals surface area (Å²) in [5, 5.41) is 2.72. The summed E-state index contributed by atoms with van der Waals surface area (Å²) in [6.07, 6.45) is 0. The van der Waals surface area contributed by atoms with E-state index in [0.29, 0.717) is 18.7 Å². The lowest BCUT2D eigenvalue weighted by Gasteiger charge is -2.24. The Morgan fingerprint density at radius 1 is 1.38 bits per heavy atom. The van der Waals surface area contributed by atoms with Gasteiger partial charge in [-0.15, -0.1) is 0 Å². The Labute approximate surface area is 130 Å². The zero-order chi connectivity index (χ0) is 16.3. The zero-order valence-corrected chi connectivity index (χ0v) is 14.1. The number of ether oxygens (including phenoxy) is 1. The number of hydrogen-bond acceptors (Lipinski definition) is 4. The van der Waals surface area contributed by atoms with Crippen molar-refractivity contribution < 1.29 is 17.9 Å². The van der Waals surface area contributed by atoms with Gasteiger partial charge in [0, 0.05) is 29.4 Å². The molecule has 1 N–H and O–H groups in total. The summed E-state index contributed by atoms with van der Waals surface area (Å²) in [5.41, 5.74) is 0.250. The van der Waals surface area contributed by atoms with Gasteiger partial charge < -0.3 is 10.1 Å². The zero-order valence-electron chi connectivity index (χ0n) is 12.6. The van der Waals surface area contributed by atoms with Gasteiger partial charge in [-0.05, 0) is 45.4 Å². The van der Waals surface area contributed by atoms with Crippen LogP contribution in [0.2, 0.25) is 0 Å². The number of halogens is 1. The molecular weight excluding hydrogens is 314 g/mol. The first-order chi connectivity index (χ1) is 9.57. The lowest BCUT2D eigenvalue weighted by atomic mass is 10.1. The maximum atomic E-state index is 12.1. The molecule has 0 atom stereocenters. The van der Waals surface area contributed by atoms with Crippen molar-refractivity contribution in [3.63, 3.8) is 0 Å². The minimum atomic E-state index is -3.87. The molecule has 5 nitrogen and oxygen atoms in total. The Morgan fingerprint density at radius 3 is 2.52 bits per heavy atom. The molecule has 0 aliphatic carbocycles. The third kappa shape index (κ3) is 5.30. The Hall–Kier alpha value is -1.11. The summed E-state index contributed by atoms with van der Waals surface area (Å²) in [6.45, 7) is 8.08. The Kier molecular flexibility index (Phi) is 5.78. The van der Waals surface area contributed by atoms with Crippen LogP contribution in [0.1, 0.15) is 36.7 Å². The van der Waals surface area contributed by atoms with E-state index in [4.69, 9.17) is 15.4 Å². The van der Waals surface area contributed by atoms with Gasteiger partial charge in [0.15, 0.2) is 0 Å². The van der Waals surface area contributed by atoms with Crippen LogP contribution in [0.25, 0.3) is 0 Å². The van der Waals surface area contributed by atoms with E-state index in [1.54, 1.807) is 19.1 Å². The predicted molar refractivity (Wildman–Crippen MR) is 82.3 cm³/mol. The minimum Gasteiger partial charge on any atom is -0.374 e. The monoisotopic (exact) mass is 333 g/mol. The van der Waals surface area contributed by atoms with Crippen LogP contribution in [0.15, 0.2) is 23.1 Å². The SMILES string of the molecule is CCOC(C)(C)CNC(=O)c1ccc(C)c(S(=O)(=O)Cl)c1. The summed E-state index contributed by atoms with van der Waals surface area (Å²) in [6, 6.07) is 4.39. The van der Waals surface area contributed by atoms with Crippen molar-refractivity contribution in [1.29, 1.82) is 0 Å². The van der Waals surface area contributed by atoms with Gasteiger partial charge in [0.05, 0.1) is 10.5 Å². The average Bonchev–Trinajstić information content (AvgIpc) is 2.35. The summed E-state index contributed by atoms with van der Waals surface area (Å²) in [4.78, 5) is 12.0. The van der Waals surface area contributed by atoms with Crippen LogP contribution in [0.4, 0.5) is 0 Å². The third-order valence-electron chi connectivity index (χ3n) is 2.92. The number of aryl methyl sites for hydroxylation is 1. The first-order valence-electron chi connectivity index (χ1n) is 6.54. The standard InChI is InChI=1S/C14H20ClNO4S/c1-5-20-14(3,4)9-16-13(17)11-7-6-10(2)12(8-11)21(15,18)19/h6-8H,5,9H2,1-4H3,(H,16,17). The molecule has 1 amide bonds. The van der Waals surface area contributed by atoms with Gasteiger partial charge in [-0.25, -0.2) is 8.42 Å². The van der Waals surface area contributed by atoms with Crippen LogP contribution in [-0.4, -0.2) is 33.1 Å². The highest BCUT2D eigenvalue weighted by molar-refractivity contribution is 8.13. The van der Waals surface area contributed by atoms with Gasteiger partial charge in [-0.3, -0.25) is 4.79 Å². The molecule has 0 fully saturated rings. The molecule has 0 aliphatic rings. The van der Waals surface area contributed by atoms with Gasteiger partial charge in [0.1, 0.15) is 0 Å². The number of carbonyl (C=O) groups excluding carboxylic acids is 1. The van der Waals surface area contributed by atoms with Crippen molar-refractivity contribution in [2.24, 2.45) is 0 Å². The van der Waals surface area contributed by atoms with E-state index in [0.717, 1.165) is 0 Å². The number of hydrogen-bond donors (Lipinski definition) is 1. The Balaban J connectivity index is 2.90. The van der Waals surface area contributed by atoms with Gasteiger partial charge in [0.25, 0.3) is 15.0 Å². The molecule has 0 spiro atoms. The lowest BCUT2D eigenvalue weighted by Crippen LogP contribution is -2.40. The Bertz CT molecular complexity index is 626. The fourth-order valence-electron chi connectivity index (χ4n) is 1.84. The first kappa shape index (κ1) is 17.9. The maximum Gasteiger partial charge on any atom is 0.261 e. The summed E-state index contributed by atoms with van der Waals surface area (Å²) >= 11 is 0. The summed E-state index contributed by atoms with van der Waals surface area (Å²) < 4.78 is 28.4. The molecule has 0 radical (unpaired) electrons. The minimum absolute atomic E-state index is 0.0547.